The van der Waals surface area contributed by atoms with Crippen molar-refractivity contribution in [2.75, 3.05) is 0 Å². The maximum Gasteiger partial charge on any atom is 0.418 e. The summed E-state index contributed by atoms with van der Waals surface area (Å²) in [5.74, 6) is -1.20. The summed E-state index contributed by atoms with van der Waals surface area (Å²) in [7, 11) is 0. The summed E-state index contributed by atoms with van der Waals surface area (Å²) in [6.07, 6.45) is -6.16. The average molecular weight is 274 g/mol. The van der Waals surface area contributed by atoms with Crippen LogP contribution in [0.4, 0.5) is 17.6 Å². The zero-order valence-corrected chi connectivity index (χ0v) is 8.10. The molecule has 7 heteroatoms. The van der Waals surface area contributed by atoms with Crippen LogP contribution in [-0.2, 0) is 0 Å². The molecule has 0 saturated carbocycles. The number of aliphatic hydroxyl groups is 1. The van der Waals surface area contributed by atoms with Gasteiger partial charge in [-0.2, -0.15) is 13.2 Å². The van der Waals surface area contributed by atoms with Gasteiger partial charge in [0.1, 0.15) is 5.82 Å². The van der Waals surface area contributed by atoms with Gasteiger partial charge >= 0.3 is 6.18 Å². The first kappa shape index (κ1) is 11.4. The summed E-state index contributed by atoms with van der Waals surface area (Å²) in [4.78, 5) is 3.31. The lowest BCUT2D eigenvalue weighted by molar-refractivity contribution is -0.207. The van der Waals surface area contributed by atoms with Crippen molar-refractivity contribution in [2.45, 2.75) is 12.3 Å². The number of hydrogen-bond donors (Lipinski definition) is 1. The molecule has 14 heavy (non-hydrogen) atoms. The second kappa shape index (κ2) is 3.82. The summed E-state index contributed by atoms with van der Waals surface area (Å²) in [5, 5.41) is 8.80. The van der Waals surface area contributed by atoms with Gasteiger partial charge in [0.25, 0.3) is 0 Å². The largest absolute Gasteiger partial charge is 0.418 e. The maximum absolute atomic E-state index is 12.9. The highest BCUT2D eigenvalue weighted by Gasteiger charge is 2.41. The fraction of sp³-hybridized carbons (Fsp3) is 0.286. The van der Waals surface area contributed by atoms with Gasteiger partial charge in [0.05, 0.1) is 6.20 Å². The molecular weight excluding hydrogens is 270 g/mol. The molecule has 0 saturated heterocycles. The van der Waals surface area contributed by atoms with E-state index in [0.717, 1.165) is 6.20 Å². The second-order valence-electron chi connectivity index (χ2n) is 2.46. The molecule has 1 aromatic rings. The highest BCUT2D eigenvalue weighted by molar-refractivity contribution is 9.10. The van der Waals surface area contributed by atoms with Gasteiger partial charge in [-0.15, -0.1) is 0 Å². The van der Waals surface area contributed by atoms with Gasteiger partial charge in [0.15, 0.2) is 6.10 Å². The molecular formula is C7H4BrF4NO. The van der Waals surface area contributed by atoms with E-state index >= 15 is 0 Å². The molecule has 0 fully saturated rings. The van der Waals surface area contributed by atoms with Gasteiger partial charge in [-0.25, -0.2) is 4.39 Å². The average Bonchev–Trinajstić information content (AvgIpc) is 2.01. The molecule has 0 aliphatic rings. The normalized spacial score (nSPS) is 14.1. The van der Waals surface area contributed by atoms with E-state index in [1.165, 1.54) is 0 Å². The molecule has 0 radical (unpaired) electrons. The Labute approximate surface area is 84.7 Å². The molecule has 0 spiro atoms. The Morgan fingerprint density at radius 1 is 1.36 bits per heavy atom. The smallest absolute Gasteiger partial charge is 0.379 e. The monoisotopic (exact) mass is 273 g/mol. The van der Waals surface area contributed by atoms with Crippen molar-refractivity contribution in [1.82, 2.24) is 4.98 Å². The third-order valence-electron chi connectivity index (χ3n) is 1.47. The molecule has 1 rings (SSSR count). The number of aromatic nitrogens is 1. The first-order chi connectivity index (χ1) is 6.34. The zero-order chi connectivity index (χ0) is 10.9. The molecule has 0 amide bonds. The van der Waals surface area contributed by atoms with E-state index in [1.54, 1.807) is 0 Å². The van der Waals surface area contributed by atoms with Crippen LogP contribution in [0.2, 0.25) is 0 Å². The second-order valence-corrected chi connectivity index (χ2v) is 3.32. The standard InChI is InChI=1S/C7H4BrF4NO/c8-3-1-13-2-4(9)5(3)6(14)7(10,11)12/h1-2,6,14H. The lowest BCUT2D eigenvalue weighted by Crippen LogP contribution is -2.21. The van der Waals surface area contributed by atoms with Crippen LogP contribution in [0, 0.1) is 5.82 Å². The molecule has 0 bridgehead atoms. The van der Waals surface area contributed by atoms with E-state index < -0.39 is 23.7 Å². The van der Waals surface area contributed by atoms with E-state index in [-0.39, 0.29) is 4.47 Å². The molecule has 1 N–H and O–H groups in total. The van der Waals surface area contributed by atoms with Crippen LogP contribution in [0.25, 0.3) is 0 Å². The minimum atomic E-state index is -4.90. The van der Waals surface area contributed by atoms with Gasteiger partial charge in [0, 0.05) is 16.2 Å². The molecule has 1 heterocycles. The summed E-state index contributed by atoms with van der Waals surface area (Å²) in [6.45, 7) is 0. The number of halogens is 5. The lowest BCUT2D eigenvalue weighted by atomic mass is 10.1. The predicted molar refractivity (Wildman–Crippen MR) is 42.9 cm³/mol. The number of nitrogens with zero attached hydrogens (tertiary/aromatic N) is 1. The quantitative estimate of drug-likeness (QED) is 0.798. The van der Waals surface area contributed by atoms with Crippen LogP contribution < -0.4 is 0 Å². The SMILES string of the molecule is OC(c1c(F)cncc1Br)C(F)(F)F. The topological polar surface area (TPSA) is 33.1 Å². The molecule has 0 aliphatic heterocycles. The van der Waals surface area contributed by atoms with Gasteiger partial charge in [-0.1, -0.05) is 0 Å². The van der Waals surface area contributed by atoms with Crippen LogP contribution >= 0.6 is 15.9 Å². The molecule has 78 valence electrons. The van der Waals surface area contributed by atoms with Crippen molar-refractivity contribution in [3.63, 3.8) is 0 Å². The Morgan fingerprint density at radius 3 is 2.36 bits per heavy atom. The number of alkyl halides is 3. The molecule has 1 unspecified atom stereocenters. The summed E-state index contributed by atoms with van der Waals surface area (Å²) in [5.41, 5.74) is -0.854. The van der Waals surface area contributed by atoms with E-state index in [1.807, 2.05) is 0 Å². The van der Waals surface area contributed by atoms with E-state index in [4.69, 9.17) is 5.11 Å². The molecule has 0 aliphatic carbocycles. The zero-order valence-electron chi connectivity index (χ0n) is 6.52. The van der Waals surface area contributed by atoms with Crippen LogP contribution in [0.15, 0.2) is 16.9 Å². The maximum atomic E-state index is 12.9. The Morgan fingerprint density at radius 2 is 1.93 bits per heavy atom. The predicted octanol–water partition coefficient (Wildman–Crippen LogP) is 2.58. The van der Waals surface area contributed by atoms with Crippen molar-refractivity contribution in [3.05, 3.63) is 28.2 Å². The van der Waals surface area contributed by atoms with Crippen molar-refractivity contribution in [2.24, 2.45) is 0 Å². The van der Waals surface area contributed by atoms with Gasteiger partial charge in [-0.05, 0) is 15.9 Å². The minimum Gasteiger partial charge on any atom is -0.379 e. The Kier molecular flexibility index (Phi) is 3.10. The van der Waals surface area contributed by atoms with Crippen molar-refractivity contribution in [3.8, 4) is 0 Å². The number of aliphatic hydroxyl groups excluding tert-OH is 1. The van der Waals surface area contributed by atoms with Crippen LogP contribution in [0.3, 0.4) is 0 Å². The molecule has 1 aromatic heterocycles. The highest BCUT2D eigenvalue weighted by Crippen LogP contribution is 2.36. The van der Waals surface area contributed by atoms with E-state index in [2.05, 4.69) is 20.9 Å². The number of pyridine rings is 1. The van der Waals surface area contributed by atoms with Gasteiger partial charge in [-0.3, -0.25) is 4.98 Å². The fourth-order valence-electron chi connectivity index (χ4n) is 0.846. The Bertz CT molecular complexity index is 321. The Hall–Kier alpha value is -0.690. The fourth-order valence-corrected chi connectivity index (χ4v) is 1.37. The third kappa shape index (κ3) is 2.21. The van der Waals surface area contributed by atoms with Crippen LogP contribution in [-0.4, -0.2) is 16.3 Å². The number of rotatable bonds is 1. The van der Waals surface area contributed by atoms with Gasteiger partial charge in [0.2, 0.25) is 0 Å². The van der Waals surface area contributed by atoms with Crippen molar-refractivity contribution < 1.29 is 22.7 Å². The van der Waals surface area contributed by atoms with E-state index in [0.29, 0.717) is 6.20 Å². The number of hydrogen-bond acceptors (Lipinski definition) is 2. The third-order valence-corrected chi connectivity index (χ3v) is 2.11. The first-order valence-electron chi connectivity index (χ1n) is 3.37. The summed E-state index contributed by atoms with van der Waals surface area (Å²) >= 11 is 2.68. The summed E-state index contributed by atoms with van der Waals surface area (Å²) < 4.78 is 48.8. The van der Waals surface area contributed by atoms with Crippen molar-refractivity contribution in [1.29, 1.82) is 0 Å². The van der Waals surface area contributed by atoms with Crippen molar-refractivity contribution >= 4 is 15.9 Å². The van der Waals surface area contributed by atoms with Gasteiger partial charge < -0.3 is 5.11 Å². The Balaban J connectivity index is 3.19. The van der Waals surface area contributed by atoms with Crippen LogP contribution in [0.5, 0.6) is 0 Å². The molecule has 0 aromatic carbocycles. The molecule has 2 nitrogen and oxygen atoms in total. The molecule has 1 atom stereocenters. The van der Waals surface area contributed by atoms with E-state index in [9.17, 15) is 17.6 Å². The minimum absolute atomic E-state index is 0.220. The highest BCUT2D eigenvalue weighted by atomic mass is 79.9. The summed E-state index contributed by atoms with van der Waals surface area (Å²) in [6, 6.07) is 0. The van der Waals surface area contributed by atoms with Crippen LogP contribution in [0.1, 0.15) is 11.7 Å². The first-order valence-corrected chi connectivity index (χ1v) is 4.17. The lowest BCUT2D eigenvalue weighted by Gasteiger charge is -2.16.